The van der Waals surface area contributed by atoms with Crippen LogP contribution < -0.4 is 4.65 Å². The van der Waals surface area contributed by atoms with Crippen LogP contribution in [0.15, 0.2) is 72.8 Å². The molecule has 2 aliphatic rings. The van der Waals surface area contributed by atoms with Gasteiger partial charge in [-0.25, -0.2) is 0 Å². The van der Waals surface area contributed by atoms with Gasteiger partial charge in [0.25, 0.3) is 0 Å². The van der Waals surface area contributed by atoms with Crippen LogP contribution in [0.2, 0.25) is 0 Å². The Hall–Kier alpha value is -3.50. The topological polar surface area (TPSA) is 34.4 Å². The first-order valence-electron chi connectivity index (χ1n) is 11.8. The van der Waals surface area contributed by atoms with Crippen molar-refractivity contribution in [3.8, 4) is 22.6 Å². The van der Waals surface area contributed by atoms with Crippen LogP contribution in [-0.4, -0.2) is 17.3 Å². The zero-order chi connectivity index (χ0) is 23.4. The fourth-order valence-corrected chi connectivity index (χ4v) is 6.68. The highest BCUT2D eigenvalue weighted by molar-refractivity contribution is 6.19. The molecule has 1 aromatic heterocycles. The number of hydrogen-bond donors (Lipinski definition) is 1. The van der Waals surface area contributed by atoms with Crippen LogP contribution in [0.3, 0.4) is 0 Å². The molecule has 0 amide bonds. The minimum Gasteiger partial charge on any atom is -0.537 e. The van der Waals surface area contributed by atoms with Crippen LogP contribution >= 0.6 is 0 Å². The molecule has 0 unspecified atom stereocenters. The average Bonchev–Trinajstić information content (AvgIpc) is 3.28. The maximum atomic E-state index is 9.48. The molecule has 34 heavy (non-hydrogen) atoms. The molecule has 1 radical (unpaired) electrons. The molecule has 4 aromatic carbocycles. The number of fused-ring (bicyclic) bond motifs is 9. The van der Waals surface area contributed by atoms with Crippen molar-refractivity contribution in [3.63, 3.8) is 0 Å². The third-order valence-corrected chi connectivity index (χ3v) is 8.20. The molecule has 1 aliphatic carbocycles. The van der Waals surface area contributed by atoms with Crippen molar-refractivity contribution in [2.45, 2.75) is 38.5 Å². The van der Waals surface area contributed by atoms with E-state index in [-0.39, 0.29) is 10.8 Å². The predicted octanol–water partition coefficient (Wildman–Crippen LogP) is 6.63. The molecule has 0 fully saturated rings. The second-order valence-corrected chi connectivity index (χ2v) is 10.6. The van der Waals surface area contributed by atoms with Gasteiger partial charge < -0.3 is 14.2 Å². The quantitative estimate of drug-likeness (QED) is 0.311. The van der Waals surface area contributed by atoms with Crippen molar-refractivity contribution < 1.29 is 9.68 Å². The van der Waals surface area contributed by atoms with Crippen LogP contribution in [-0.2, 0) is 10.8 Å². The molecule has 1 N–H and O–H groups in total. The van der Waals surface area contributed by atoms with Gasteiger partial charge in [-0.3, -0.25) is 0 Å². The SMILES string of the molecule is CC1(C)c2ccccc2-c2ccc3c(c21)c1cc(O[B]O)cc2c1n3-c1ccccc1C2(C)C. The minimum atomic E-state index is -0.213. The Kier molecular flexibility index (Phi) is 3.71. The summed E-state index contributed by atoms with van der Waals surface area (Å²) >= 11 is 0. The summed E-state index contributed by atoms with van der Waals surface area (Å²) in [6, 6.07) is 26.2. The zero-order valence-corrected chi connectivity index (χ0v) is 19.8. The molecular weight excluding hydrogens is 417 g/mol. The lowest BCUT2D eigenvalue weighted by Gasteiger charge is -2.34. The summed E-state index contributed by atoms with van der Waals surface area (Å²) in [5.74, 6) is 0.655. The van der Waals surface area contributed by atoms with Gasteiger partial charge in [-0.1, -0.05) is 76.2 Å². The van der Waals surface area contributed by atoms with Crippen molar-refractivity contribution in [2.75, 3.05) is 0 Å². The summed E-state index contributed by atoms with van der Waals surface area (Å²) in [7, 11) is 0.779. The Balaban J connectivity index is 1.74. The average molecular weight is 442 g/mol. The predicted molar refractivity (Wildman–Crippen MR) is 139 cm³/mol. The summed E-state index contributed by atoms with van der Waals surface area (Å²) in [4.78, 5) is 0. The van der Waals surface area contributed by atoms with E-state index in [0.717, 1.165) is 7.69 Å². The molecule has 2 heterocycles. The molecule has 3 nitrogen and oxygen atoms in total. The van der Waals surface area contributed by atoms with Gasteiger partial charge >= 0.3 is 7.69 Å². The van der Waals surface area contributed by atoms with Crippen molar-refractivity contribution >= 4 is 29.5 Å². The molecule has 1 aliphatic heterocycles. The second kappa shape index (κ2) is 6.34. The fraction of sp³-hybridized carbons (Fsp3) is 0.200. The second-order valence-electron chi connectivity index (χ2n) is 10.6. The number of rotatable bonds is 2. The lowest BCUT2D eigenvalue weighted by molar-refractivity contribution is 0.453. The molecule has 0 bridgehead atoms. The van der Waals surface area contributed by atoms with E-state index < -0.39 is 0 Å². The Bertz CT molecular complexity index is 1680. The van der Waals surface area contributed by atoms with Gasteiger partial charge in [-0.05, 0) is 57.6 Å². The van der Waals surface area contributed by atoms with Gasteiger partial charge in [-0.15, -0.1) is 0 Å². The van der Waals surface area contributed by atoms with E-state index in [9.17, 15) is 5.02 Å². The first-order valence-corrected chi connectivity index (χ1v) is 11.8. The summed E-state index contributed by atoms with van der Waals surface area (Å²) in [6.07, 6.45) is 0. The van der Waals surface area contributed by atoms with Gasteiger partial charge in [0.1, 0.15) is 5.75 Å². The number of aromatic nitrogens is 1. The molecule has 0 atom stereocenters. The Morgan fingerprint density at radius 2 is 1.50 bits per heavy atom. The van der Waals surface area contributed by atoms with E-state index >= 15 is 0 Å². The van der Waals surface area contributed by atoms with E-state index in [1.165, 1.54) is 60.9 Å². The normalized spacial score (nSPS) is 16.3. The summed E-state index contributed by atoms with van der Waals surface area (Å²) in [5.41, 5.74) is 11.2. The molecule has 0 spiro atoms. The Morgan fingerprint density at radius 1 is 0.765 bits per heavy atom. The molecule has 165 valence electrons. The first kappa shape index (κ1) is 19.9. The summed E-state index contributed by atoms with van der Waals surface area (Å²) < 4.78 is 8.01. The molecular formula is C30H25BNO2. The van der Waals surface area contributed by atoms with Crippen LogP contribution in [0.1, 0.15) is 49.9 Å². The Morgan fingerprint density at radius 3 is 2.29 bits per heavy atom. The fourth-order valence-electron chi connectivity index (χ4n) is 6.68. The highest BCUT2D eigenvalue weighted by Crippen LogP contribution is 2.55. The lowest BCUT2D eigenvalue weighted by atomic mass is 9.74. The van der Waals surface area contributed by atoms with Crippen LogP contribution in [0.5, 0.6) is 5.75 Å². The highest BCUT2D eigenvalue weighted by Gasteiger charge is 2.41. The van der Waals surface area contributed by atoms with E-state index in [2.05, 4.69) is 105 Å². The highest BCUT2D eigenvalue weighted by atomic mass is 16.5. The largest absolute Gasteiger partial charge is 0.569 e. The van der Waals surface area contributed by atoms with Gasteiger partial charge in [0.2, 0.25) is 0 Å². The first-order chi connectivity index (χ1) is 16.4. The molecule has 5 aromatic rings. The van der Waals surface area contributed by atoms with E-state index in [0.29, 0.717) is 5.75 Å². The van der Waals surface area contributed by atoms with Crippen LogP contribution in [0, 0.1) is 0 Å². The molecule has 4 heteroatoms. The van der Waals surface area contributed by atoms with Gasteiger partial charge in [-0.2, -0.15) is 0 Å². The molecule has 0 saturated heterocycles. The van der Waals surface area contributed by atoms with E-state index in [4.69, 9.17) is 4.65 Å². The van der Waals surface area contributed by atoms with Gasteiger partial charge in [0.05, 0.1) is 16.7 Å². The van der Waals surface area contributed by atoms with Crippen molar-refractivity contribution in [1.82, 2.24) is 4.57 Å². The third-order valence-electron chi connectivity index (χ3n) is 8.20. The third kappa shape index (κ3) is 2.22. The van der Waals surface area contributed by atoms with Crippen molar-refractivity contribution in [1.29, 1.82) is 0 Å². The maximum Gasteiger partial charge on any atom is 0.569 e. The number of para-hydroxylation sites is 1. The van der Waals surface area contributed by atoms with Gasteiger partial charge in [0.15, 0.2) is 0 Å². The van der Waals surface area contributed by atoms with Crippen LogP contribution in [0.25, 0.3) is 38.6 Å². The maximum absolute atomic E-state index is 9.48. The number of hydrogen-bond acceptors (Lipinski definition) is 2. The van der Waals surface area contributed by atoms with E-state index in [1.54, 1.807) is 0 Å². The Labute approximate surface area is 199 Å². The smallest absolute Gasteiger partial charge is 0.537 e. The van der Waals surface area contributed by atoms with Gasteiger partial charge in [0, 0.05) is 21.6 Å². The lowest BCUT2D eigenvalue weighted by Crippen LogP contribution is -2.26. The van der Waals surface area contributed by atoms with E-state index in [1.807, 2.05) is 0 Å². The number of benzene rings is 4. The monoisotopic (exact) mass is 442 g/mol. The number of nitrogens with zero attached hydrogens (tertiary/aromatic N) is 1. The summed E-state index contributed by atoms with van der Waals surface area (Å²) in [6.45, 7) is 9.22. The minimum absolute atomic E-state index is 0.131. The molecule has 7 rings (SSSR count). The van der Waals surface area contributed by atoms with Crippen LogP contribution in [0.4, 0.5) is 0 Å². The zero-order valence-electron chi connectivity index (χ0n) is 19.8. The summed E-state index contributed by atoms with van der Waals surface area (Å²) in [5, 5.41) is 11.9. The molecule has 0 saturated carbocycles. The standard InChI is InChI=1S/C30H25BNO2/c1-29(2)22-11-7-8-12-24(22)32-25-14-13-19-18-9-5-6-10-21(18)30(3,4)27(19)26(25)20-15-17(34-31-33)16-23(29)28(20)32/h5-16,33H,1-4H3. The van der Waals surface area contributed by atoms with Crippen molar-refractivity contribution in [3.05, 3.63) is 95.1 Å². The van der Waals surface area contributed by atoms with Crippen molar-refractivity contribution in [2.24, 2.45) is 0 Å².